The smallest absolute Gasteiger partial charge is 0.394 e. The Bertz CT molecular complexity index is 819. The number of ether oxygens (including phenoxy) is 1. The van der Waals surface area contributed by atoms with Crippen LogP contribution < -0.4 is 4.74 Å². The number of rotatable bonds is 3. The molecule has 0 aliphatic rings. The Labute approximate surface area is 166 Å². The molecule has 0 saturated carbocycles. The lowest BCUT2D eigenvalue weighted by atomic mass is 10.2. The van der Waals surface area contributed by atoms with Gasteiger partial charge in [-0.15, -0.1) is 13.2 Å². The van der Waals surface area contributed by atoms with Gasteiger partial charge in [0, 0.05) is 0 Å². The van der Waals surface area contributed by atoms with Crippen LogP contribution in [-0.2, 0) is 10.4 Å². The van der Waals surface area contributed by atoms with Gasteiger partial charge in [0.1, 0.15) is 11.5 Å². The molecule has 0 saturated heterocycles. The molecule has 148 valence electrons. The third-order valence-electron chi connectivity index (χ3n) is 2.76. The first-order chi connectivity index (χ1) is 13.4. The van der Waals surface area contributed by atoms with Crippen LogP contribution in [0.25, 0.3) is 6.08 Å². The van der Waals surface area contributed by atoms with Gasteiger partial charge >= 0.3 is 10.4 Å². The van der Waals surface area contributed by atoms with Gasteiger partial charge in [-0.2, -0.15) is 8.42 Å². The van der Waals surface area contributed by atoms with E-state index in [-0.39, 0.29) is 0 Å². The summed E-state index contributed by atoms with van der Waals surface area (Å²) in [6.45, 7) is 9.63. The predicted octanol–water partition coefficient (Wildman–Crippen LogP) is 5.96. The highest BCUT2D eigenvalue weighted by Crippen LogP contribution is 2.19. The monoisotopic (exact) mass is 400 g/mol. The molecule has 5 nitrogen and oxygen atoms in total. The van der Waals surface area contributed by atoms with Crippen LogP contribution in [-0.4, -0.2) is 17.5 Å². The molecule has 3 aromatic rings. The molecule has 3 rings (SSSR count). The molecular formula is C22H24O5S. The summed E-state index contributed by atoms with van der Waals surface area (Å²) in [5.41, 5.74) is 1.17. The van der Waals surface area contributed by atoms with Gasteiger partial charge < -0.3 is 4.74 Å². The Morgan fingerprint density at radius 3 is 1.21 bits per heavy atom. The largest absolute Gasteiger partial charge is 0.457 e. The van der Waals surface area contributed by atoms with Gasteiger partial charge in [-0.1, -0.05) is 79.4 Å². The minimum absolute atomic E-state index is 0.869. The zero-order valence-corrected chi connectivity index (χ0v) is 16.2. The fraction of sp³-hybridized carbons (Fsp3) is 0. The Balaban J connectivity index is 0.000000417. The second kappa shape index (κ2) is 14.9. The van der Waals surface area contributed by atoms with Crippen molar-refractivity contribution in [3.63, 3.8) is 0 Å². The Kier molecular flexibility index (Phi) is 13.2. The SMILES string of the molecule is C=C.C=Cc1ccccc1.O=S(=O)(O)O.c1ccc(Oc2ccccc2)cc1. The average molecular weight is 400 g/mol. The van der Waals surface area contributed by atoms with Crippen LogP contribution in [0.3, 0.4) is 0 Å². The van der Waals surface area contributed by atoms with E-state index in [4.69, 9.17) is 22.3 Å². The van der Waals surface area contributed by atoms with Crippen molar-refractivity contribution in [3.8, 4) is 11.5 Å². The van der Waals surface area contributed by atoms with Crippen LogP contribution in [0.5, 0.6) is 11.5 Å². The summed E-state index contributed by atoms with van der Waals surface area (Å²) in [6, 6.07) is 29.5. The van der Waals surface area contributed by atoms with Crippen molar-refractivity contribution in [1.29, 1.82) is 0 Å². The Hall–Kier alpha value is -3.19. The molecule has 0 unspecified atom stereocenters. The first kappa shape index (κ1) is 24.8. The van der Waals surface area contributed by atoms with Crippen LogP contribution >= 0.6 is 0 Å². The van der Waals surface area contributed by atoms with Crippen molar-refractivity contribution in [1.82, 2.24) is 0 Å². The number of hydrogen-bond acceptors (Lipinski definition) is 3. The normalized spacial score (nSPS) is 9.07. The Morgan fingerprint density at radius 2 is 0.964 bits per heavy atom. The third kappa shape index (κ3) is 15.1. The van der Waals surface area contributed by atoms with Gasteiger partial charge in [0.25, 0.3) is 0 Å². The molecule has 0 atom stereocenters. The average Bonchev–Trinajstić information content (AvgIpc) is 2.71. The predicted molar refractivity (Wildman–Crippen MR) is 115 cm³/mol. The maximum Gasteiger partial charge on any atom is 0.394 e. The van der Waals surface area contributed by atoms with Gasteiger partial charge in [0.2, 0.25) is 0 Å². The molecule has 0 heterocycles. The van der Waals surface area contributed by atoms with E-state index in [1.165, 1.54) is 5.56 Å². The molecule has 0 aliphatic carbocycles. The zero-order chi connectivity index (χ0) is 21.3. The van der Waals surface area contributed by atoms with Crippen molar-refractivity contribution < 1.29 is 22.3 Å². The summed E-state index contributed by atoms with van der Waals surface area (Å²) in [5.74, 6) is 1.74. The number of hydrogen-bond donors (Lipinski definition) is 2. The molecule has 0 aliphatic heterocycles. The molecule has 0 fully saturated rings. The first-order valence-electron chi connectivity index (χ1n) is 8.04. The quantitative estimate of drug-likeness (QED) is 0.419. The summed E-state index contributed by atoms with van der Waals surface area (Å²) in [7, 11) is -4.67. The molecule has 0 amide bonds. The van der Waals surface area contributed by atoms with Crippen molar-refractivity contribution in [3.05, 3.63) is 116 Å². The lowest BCUT2D eigenvalue weighted by Gasteiger charge is -2.03. The summed E-state index contributed by atoms with van der Waals surface area (Å²) in [6.07, 6.45) is 1.83. The fourth-order valence-corrected chi connectivity index (χ4v) is 1.70. The van der Waals surface area contributed by atoms with Crippen LogP contribution in [0.1, 0.15) is 5.56 Å². The van der Waals surface area contributed by atoms with E-state index < -0.39 is 10.4 Å². The highest BCUT2D eigenvalue weighted by atomic mass is 32.3. The zero-order valence-electron chi connectivity index (χ0n) is 15.4. The minimum Gasteiger partial charge on any atom is -0.457 e. The molecule has 0 radical (unpaired) electrons. The van der Waals surface area contributed by atoms with Crippen LogP contribution in [0.2, 0.25) is 0 Å². The summed E-state index contributed by atoms with van der Waals surface area (Å²) in [4.78, 5) is 0. The van der Waals surface area contributed by atoms with Crippen LogP contribution in [0.4, 0.5) is 0 Å². The van der Waals surface area contributed by atoms with Crippen molar-refractivity contribution in [2.24, 2.45) is 0 Å². The Morgan fingerprint density at radius 1 is 0.679 bits per heavy atom. The molecule has 0 aromatic heterocycles. The number of benzene rings is 3. The third-order valence-corrected chi connectivity index (χ3v) is 2.76. The standard InChI is InChI=1S/C12H10O.C8H8.C2H4.H2O4S/c1-3-7-11(8-4-1)13-12-9-5-2-6-10-12;1-2-8-6-4-3-5-7-8;1-2;1-5(2,3)4/h1-10H;2-7H,1H2;1-2H2;(H2,1,2,3,4). The molecular weight excluding hydrogens is 376 g/mol. The fourth-order valence-electron chi connectivity index (χ4n) is 1.70. The molecule has 6 heteroatoms. The maximum absolute atomic E-state index is 8.74. The number of para-hydroxylation sites is 2. The molecule has 28 heavy (non-hydrogen) atoms. The van der Waals surface area contributed by atoms with E-state index in [0.717, 1.165) is 11.5 Å². The molecule has 2 N–H and O–H groups in total. The van der Waals surface area contributed by atoms with Crippen LogP contribution in [0, 0.1) is 0 Å². The van der Waals surface area contributed by atoms with Gasteiger partial charge in [-0.3, -0.25) is 9.11 Å². The maximum atomic E-state index is 8.74. The van der Waals surface area contributed by atoms with E-state index in [1.54, 1.807) is 0 Å². The molecule has 3 aromatic carbocycles. The van der Waals surface area contributed by atoms with Crippen molar-refractivity contribution >= 4 is 16.5 Å². The second-order valence-electron chi connectivity index (χ2n) is 4.79. The first-order valence-corrected chi connectivity index (χ1v) is 9.43. The van der Waals surface area contributed by atoms with E-state index in [2.05, 4.69) is 19.7 Å². The lowest BCUT2D eigenvalue weighted by molar-refractivity contribution is 0.381. The summed E-state index contributed by atoms with van der Waals surface area (Å²) < 4.78 is 37.2. The van der Waals surface area contributed by atoms with Gasteiger partial charge in [-0.25, -0.2) is 0 Å². The summed E-state index contributed by atoms with van der Waals surface area (Å²) in [5, 5.41) is 0. The van der Waals surface area contributed by atoms with Gasteiger partial charge in [-0.05, 0) is 29.8 Å². The van der Waals surface area contributed by atoms with E-state index in [1.807, 2.05) is 97.1 Å². The van der Waals surface area contributed by atoms with Gasteiger partial charge in [0.15, 0.2) is 0 Å². The van der Waals surface area contributed by atoms with Crippen molar-refractivity contribution in [2.45, 2.75) is 0 Å². The minimum atomic E-state index is -4.67. The topological polar surface area (TPSA) is 83.8 Å². The highest BCUT2D eigenvalue weighted by molar-refractivity contribution is 7.79. The second-order valence-corrected chi connectivity index (χ2v) is 5.69. The molecule has 0 bridgehead atoms. The van der Waals surface area contributed by atoms with Crippen molar-refractivity contribution in [2.75, 3.05) is 0 Å². The van der Waals surface area contributed by atoms with E-state index in [0.29, 0.717) is 0 Å². The van der Waals surface area contributed by atoms with E-state index >= 15 is 0 Å². The van der Waals surface area contributed by atoms with E-state index in [9.17, 15) is 0 Å². The van der Waals surface area contributed by atoms with Crippen LogP contribution in [0.15, 0.2) is 111 Å². The molecule has 0 spiro atoms. The highest BCUT2D eigenvalue weighted by Gasteiger charge is 1.92. The van der Waals surface area contributed by atoms with Gasteiger partial charge in [0.05, 0.1) is 0 Å². The lowest BCUT2D eigenvalue weighted by Crippen LogP contribution is -1.89. The summed E-state index contributed by atoms with van der Waals surface area (Å²) >= 11 is 0.